The molecule has 0 aliphatic carbocycles. The maximum atomic E-state index is 13.1. The number of nitrogens with one attached hydrogen (secondary N) is 1. The molecule has 2 aromatic rings. The molecule has 0 spiro atoms. The summed E-state index contributed by atoms with van der Waals surface area (Å²) in [6.45, 7) is 5.98. The van der Waals surface area contributed by atoms with E-state index >= 15 is 0 Å². The van der Waals surface area contributed by atoms with E-state index in [4.69, 9.17) is 0 Å². The monoisotopic (exact) mass is 328 g/mol. The van der Waals surface area contributed by atoms with E-state index in [1.54, 1.807) is 0 Å². The number of nitrogens with zero attached hydrogens (tertiary/aromatic N) is 3. The molecular weight excluding hydrogens is 315 g/mol. The molecule has 0 bridgehead atoms. The second kappa shape index (κ2) is 5.94. The van der Waals surface area contributed by atoms with E-state index in [1.165, 1.54) is 23.5 Å². The van der Waals surface area contributed by atoms with Crippen LogP contribution in [0.4, 0.5) is 15.2 Å². The molecule has 0 atom stereocenters. The lowest BCUT2D eigenvalue weighted by molar-refractivity contribution is -0.387. The van der Waals surface area contributed by atoms with Crippen LogP contribution in [-0.4, -0.2) is 20.7 Å². The summed E-state index contributed by atoms with van der Waals surface area (Å²) in [6, 6.07) is 3.46. The number of nitro groups is 1. The Bertz CT molecular complexity index is 670. The molecule has 0 radical (unpaired) electrons. The molecule has 0 unspecified atom stereocenters. The Morgan fingerprint density at radius 3 is 2.71 bits per heavy atom. The van der Waals surface area contributed by atoms with Gasteiger partial charge in [0.25, 0.3) is 5.69 Å². The summed E-state index contributed by atoms with van der Waals surface area (Å²) < 4.78 is 13.6. The van der Waals surface area contributed by atoms with Crippen molar-refractivity contribution in [2.45, 2.75) is 35.5 Å². The number of hydrogen-bond acceptors (Lipinski definition) is 7. The fraction of sp³-hybridized carbons (Fsp3) is 0.333. The van der Waals surface area contributed by atoms with Crippen molar-refractivity contribution < 1.29 is 9.31 Å². The third-order valence-electron chi connectivity index (χ3n) is 2.20. The van der Waals surface area contributed by atoms with Crippen LogP contribution in [0, 0.1) is 15.9 Å². The minimum atomic E-state index is -0.640. The topological polar surface area (TPSA) is 81.0 Å². The van der Waals surface area contributed by atoms with Crippen molar-refractivity contribution in [1.82, 2.24) is 10.2 Å². The SMILES string of the molecule is CC(C)(C)Nc1nnc(Sc2ccc(F)cc2[N+](=O)[O-])s1. The Labute approximate surface area is 128 Å². The first-order valence-corrected chi connectivity index (χ1v) is 7.61. The maximum Gasteiger partial charge on any atom is 0.286 e. The van der Waals surface area contributed by atoms with E-state index in [2.05, 4.69) is 15.5 Å². The van der Waals surface area contributed by atoms with E-state index in [9.17, 15) is 14.5 Å². The number of nitro benzene ring substituents is 1. The number of halogens is 1. The van der Waals surface area contributed by atoms with Gasteiger partial charge >= 0.3 is 0 Å². The van der Waals surface area contributed by atoms with Crippen LogP contribution in [0.1, 0.15) is 20.8 Å². The molecular formula is C12H13FN4O2S2. The van der Waals surface area contributed by atoms with Crippen molar-refractivity contribution in [3.63, 3.8) is 0 Å². The van der Waals surface area contributed by atoms with E-state index in [-0.39, 0.29) is 11.2 Å². The smallest absolute Gasteiger partial charge is 0.286 e. The summed E-state index contributed by atoms with van der Waals surface area (Å²) in [4.78, 5) is 10.7. The van der Waals surface area contributed by atoms with Gasteiger partial charge in [-0.05, 0) is 44.7 Å². The number of anilines is 1. The highest BCUT2D eigenvalue weighted by molar-refractivity contribution is 8.01. The van der Waals surface area contributed by atoms with Gasteiger partial charge in [-0.2, -0.15) is 0 Å². The predicted octanol–water partition coefficient (Wildman–Crippen LogP) is 3.95. The highest BCUT2D eigenvalue weighted by Crippen LogP contribution is 2.37. The number of benzene rings is 1. The van der Waals surface area contributed by atoms with Gasteiger partial charge in [0, 0.05) is 5.54 Å². The van der Waals surface area contributed by atoms with Crippen molar-refractivity contribution >= 4 is 33.9 Å². The molecule has 112 valence electrons. The number of hydrogen-bond donors (Lipinski definition) is 1. The summed E-state index contributed by atoms with van der Waals surface area (Å²) in [5, 5.41) is 22.7. The zero-order valence-corrected chi connectivity index (χ0v) is 13.2. The van der Waals surface area contributed by atoms with Crippen LogP contribution in [0.15, 0.2) is 27.4 Å². The third-order valence-corrected chi connectivity index (χ3v) is 4.16. The molecule has 0 aliphatic rings. The Morgan fingerprint density at radius 2 is 2.10 bits per heavy atom. The zero-order valence-electron chi connectivity index (χ0n) is 11.6. The van der Waals surface area contributed by atoms with Crippen molar-refractivity contribution in [2.24, 2.45) is 0 Å². The van der Waals surface area contributed by atoms with Gasteiger partial charge in [-0.25, -0.2) is 4.39 Å². The fourth-order valence-corrected chi connectivity index (χ4v) is 3.44. The molecule has 1 aromatic carbocycles. The normalized spacial score (nSPS) is 11.4. The highest BCUT2D eigenvalue weighted by atomic mass is 32.2. The second-order valence-corrected chi connectivity index (χ2v) is 7.49. The Balaban J connectivity index is 2.21. The molecule has 0 fully saturated rings. The van der Waals surface area contributed by atoms with Gasteiger partial charge in [-0.1, -0.05) is 11.3 Å². The first kappa shape index (κ1) is 15.6. The van der Waals surface area contributed by atoms with E-state index in [0.29, 0.717) is 14.4 Å². The van der Waals surface area contributed by atoms with Gasteiger partial charge in [0.05, 0.1) is 15.9 Å². The minimum Gasteiger partial charge on any atom is -0.355 e. The average Bonchev–Trinajstić information content (AvgIpc) is 2.76. The zero-order chi connectivity index (χ0) is 15.6. The molecule has 9 heteroatoms. The summed E-state index contributed by atoms with van der Waals surface area (Å²) in [6.07, 6.45) is 0. The van der Waals surface area contributed by atoms with Gasteiger partial charge in [-0.15, -0.1) is 10.2 Å². The summed E-state index contributed by atoms with van der Waals surface area (Å²) in [5.74, 6) is -0.640. The van der Waals surface area contributed by atoms with Crippen LogP contribution in [0.5, 0.6) is 0 Å². The number of aromatic nitrogens is 2. The summed E-state index contributed by atoms with van der Waals surface area (Å²) in [7, 11) is 0. The fourth-order valence-electron chi connectivity index (χ4n) is 1.44. The minimum absolute atomic E-state index is 0.149. The lowest BCUT2D eigenvalue weighted by Gasteiger charge is -2.18. The molecule has 1 heterocycles. The molecule has 0 saturated heterocycles. The standard InChI is InChI=1S/C12H13FN4O2S2/c1-12(2,3)14-10-15-16-11(21-10)20-9-5-4-7(13)6-8(9)17(18)19/h4-6H,1-3H3,(H,14,15). The average molecular weight is 328 g/mol. The van der Waals surface area contributed by atoms with Crippen molar-refractivity contribution in [2.75, 3.05) is 5.32 Å². The van der Waals surface area contributed by atoms with Gasteiger partial charge in [-0.3, -0.25) is 10.1 Å². The first-order chi connectivity index (χ1) is 9.74. The van der Waals surface area contributed by atoms with E-state index in [1.807, 2.05) is 20.8 Å². The van der Waals surface area contributed by atoms with Crippen LogP contribution in [-0.2, 0) is 0 Å². The van der Waals surface area contributed by atoms with Gasteiger partial charge in [0.2, 0.25) is 5.13 Å². The molecule has 21 heavy (non-hydrogen) atoms. The predicted molar refractivity (Wildman–Crippen MR) is 80.5 cm³/mol. The molecule has 6 nitrogen and oxygen atoms in total. The quantitative estimate of drug-likeness (QED) is 0.676. The number of rotatable bonds is 4. The van der Waals surface area contributed by atoms with Crippen LogP contribution in [0.2, 0.25) is 0 Å². The molecule has 0 saturated carbocycles. The summed E-state index contributed by atoms with van der Waals surface area (Å²) >= 11 is 2.39. The molecule has 0 aliphatic heterocycles. The van der Waals surface area contributed by atoms with Crippen LogP contribution >= 0.6 is 23.1 Å². The Kier molecular flexibility index (Phi) is 4.43. The third kappa shape index (κ3) is 4.36. The molecule has 0 amide bonds. The highest BCUT2D eigenvalue weighted by Gasteiger charge is 2.19. The van der Waals surface area contributed by atoms with Crippen molar-refractivity contribution in [3.05, 3.63) is 34.1 Å². The van der Waals surface area contributed by atoms with Crippen molar-refractivity contribution in [1.29, 1.82) is 0 Å². The molecule has 1 N–H and O–H groups in total. The van der Waals surface area contributed by atoms with Crippen molar-refractivity contribution in [3.8, 4) is 0 Å². The van der Waals surface area contributed by atoms with Gasteiger partial charge in [0.15, 0.2) is 4.34 Å². The Hall–Kier alpha value is -1.74. The first-order valence-electron chi connectivity index (χ1n) is 5.98. The summed E-state index contributed by atoms with van der Waals surface area (Å²) in [5.41, 5.74) is -0.427. The lowest BCUT2D eigenvalue weighted by Crippen LogP contribution is -2.25. The van der Waals surface area contributed by atoms with Crippen LogP contribution < -0.4 is 5.32 Å². The van der Waals surface area contributed by atoms with Gasteiger partial charge in [0.1, 0.15) is 5.82 Å². The van der Waals surface area contributed by atoms with E-state index in [0.717, 1.165) is 17.8 Å². The van der Waals surface area contributed by atoms with E-state index < -0.39 is 10.7 Å². The maximum absolute atomic E-state index is 13.1. The van der Waals surface area contributed by atoms with Crippen LogP contribution in [0.25, 0.3) is 0 Å². The second-order valence-electron chi connectivity index (χ2n) is 5.22. The molecule has 2 rings (SSSR count). The van der Waals surface area contributed by atoms with Crippen LogP contribution in [0.3, 0.4) is 0 Å². The molecule has 1 aromatic heterocycles. The Morgan fingerprint density at radius 1 is 1.38 bits per heavy atom. The largest absolute Gasteiger partial charge is 0.355 e. The van der Waals surface area contributed by atoms with Gasteiger partial charge < -0.3 is 5.32 Å². The lowest BCUT2D eigenvalue weighted by atomic mass is 10.1.